The first kappa shape index (κ1) is 12.5. The number of aryl methyl sites for hydroxylation is 1. The van der Waals surface area contributed by atoms with E-state index in [0.717, 1.165) is 12.2 Å². The second kappa shape index (κ2) is 6.12. The third-order valence-electron chi connectivity index (χ3n) is 2.25. The number of hydrogen-bond acceptors (Lipinski definition) is 4. The van der Waals surface area contributed by atoms with Crippen LogP contribution < -0.4 is 11.1 Å². The number of ether oxygens (including phenoxy) is 1. The Kier molecular flexibility index (Phi) is 4.78. The molecule has 0 saturated heterocycles. The maximum absolute atomic E-state index is 11.3. The van der Waals surface area contributed by atoms with E-state index < -0.39 is 6.09 Å². The van der Waals surface area contributed by atoms with Gasteiger partial charge in [0.1, 0.15) is 0 Å². The first-order valence-electron chi connectivity index (χ1n) is 5.36. The Labute approximate surface area is 94.8 Å². The van der Waals surface area contributed by atoms with Crippen LogP contribution in [0.15, 0.2) is 12.5 Å². The molecule has 0 aliphatic heterocycles. The van der Waals surface area contributed by atoms with Crippen LogP contribution in [0.1, 0.15) is 25.6 Å². The molecule has 0 spiro atoms. The Morgan fingerprint density at radius 3 is 3.00 bits per heavy atom. The second-order valence-corrected chi connectivity index (χ2v) is 3.26. The molecule has 1 heterocycles. The first-order chi connectivity index (χ1) is 7.72. The number of nitrogens with two attached hydrogens (primary N) is 1. The minimum Gasteiger partial charge on any atom is -0.450 e. The van der Waals surface area contributed by atoms with Crippen molar-refractivity contribution in [2.75, 3.05) is 13.2 Å². The predicted octanol–water partition coefficient (Wildman–Crippen LogP) is 0.649. The molecule has 1 atom stereocenters. The molecule has 0 aromatic carbocycles. The van der Waals surface area contributed by atoms with E-state index >= 15 is 0 Å². The lowest BCUT2D eigenvalue weighted by Crippen LogP contribution is -2.35. The van der Waals surface area contributed by atoms with E-state index in [9.17, 15) is 4.79 Å². The van der Waals surface area contributed by atoms with Crippen molar-refractivity contribution >= 4 is 6.09 Å². The zero-order chi connectivity index (χ0) is 12.0. The molecule has 0 radical (unpaired) electrons. The number of nitrogens with zero attached hydrogens (tertiary/aromatic N) is 2. The Bertz CT molecular complexity index is 337. The minimum absolute atomic E-state index is 0.263. The molecule has 0 bridgehead atoms. The van der Waals surface area contributed by atoms with Crippen LogP contribution >= 0.6 is 0 Å². The Hall–Kier alpha value is -1.56. The molecule has 0 aliphatic rings. The van der Waals surface area contributed by atoms with Crippen LogP contribution in [0.25, 0.3) is 0 Å². The van der Waals surface area contributed by atoms with Crippen molar-refractivity contribution < 1.29 is 9.53 Å². The molecule has 1 amide bonds. The summed E-state index contributed by atoms with van der Waals surface area (Å²) in [7, 11) is 0. The standard InChI is InChI=1S/C10H18N4O2/c1-3-14-7-12-6-9(14)8(5-11)13-10(15)16-4-2/h6-8H,3-5,11H2,1-2H3,(H,13,15). The number of nitrogens with one attached hydrogen (secondary N) is 1. The van der Waals surface area contributed by atoms with Crippen LogP contribution in [-0.2, 0) is 11.3 Å². The van der Waals surface area contributed by atoms with E-state index in [1.165, 1.54) is 0 Å². The van der Waals surface area contributed by atoms with Gasteiger partial charge in [0.2, 0.25) is 0 Å². The SMILES string of the molecule is CCOC(=O)NC(CN)c1cncn1CC. The maximum atomic E-state index is 11.3. The molecule has 0 fully saturated rings. The van der Waals surface area contributed by atoms with Crippen molar-refractivity contribution in [3.8, 4) is 0 Å². The summed E-state index contributed by atoms with van der Waals surface area (Å²) in [5, 5.41) is 2.70. The van der Waals surface area contributed by atoms with Crippen molar-refractivity contribution in [2.45, 2.75) is 26.4 Å². The van der Waals surface area contributed by atoms with Gasteiger partial charge in [0.25, 0.3) is 0 Å². The lowest BCUT2D eigenvalue weighted by molar-refractivity contribution is 0.148. The van der Waals surface area contributed by atoms with Crippen LogP contribution in [0.3, 0.4) is 0 Å². The van der Waals surface area contributed by atoms with Gasteiger partial charge in [-0.2, -0.15) is 0 Å². The number of imidazole rings is 1. The quantitative estimate of drug-likeness (QED) is 0.772. The van der Waals surface area contributed by atoms with Gasteiger partial charge < -0.3 is 20.4 Å². The molecular weight excluding hydrogens is 208 g/mol. The average molecular weight is 226 g/mol. The second-order valence-electron chi connectivity index (χ2n) is 3.26. The summed E-state index contributed by atoms with van der Waals surface area (Å²) in [4.78, 5) is 15.3. The summed E-state index contributed by atoms with van der Waals surface area (Å²) in [6.07, 6.45) is 2.96. The van der Waals surface area contributed by atoms with Crippen molar-refractivity contribution in [1.29, 1.82) is 0 Å². The van der Waals surface area contributed by atoms with Gasteiger partial charge in [-0.3, -0.25) is 0 Å². The molecule has 0 aliphatic carbocycles. The molecule has 90 valence electrons. The van der Waals surface area contributed by atoms with E-state index in [2.05, 4.69) is 10.3 Å². The summed E-state index contributed by atoms with van der Waals surface area (Å²) >= 11 is 0. The zero-order valence-electron chi connectivity index (χ0n) is 9.64. The number of amides is 1. The molecule has 16 heavy (non-hydrogen) atoms. The third-order valence-corrected chi connectivity index (χ3v) is 2.25. The summed E-state index contributed by atoms with van der Waals surface area (Å²) in [5.74, 6) is 0. The molecule has 1 rings (SSSR count). The highest BCUT2D eigenvalue weighted by molar-refractivity contribution is 5.67. The van der Waals surface area contributed by atoms with E-state index in [0.29, 0.717) is 13.2 Å². The fraction of sp³-hybridized carbons (Fsp3) is 0.600. The highest BCUT2D eigenvalue weighted by Crippen LogP contribution is 2.11. The smallest absolute Gasteiger partial charge is 0.407 e. The number of carbonyl (C=O) groups excluding carboxylic acids is 1. The molecule has 1 aromatic heterocycles. The molecular formula is C10H18N4O2. The van der Waals surface area contributed by atoms with Gasteiger partial charge >= 0.3 is 6.09 Å². The van der Waals surface area contributed by atoms with Gasteiger partial charge in [0.05, 0.1) is 30.9 Å². The van der Waals surface area contributed by atoms with E-state index in [1.54, 1.807) is 19.4 Å². The normalized spacial score (nSPS) is 12.2. The summed E-state index contributed by atoms with van der Waals surface area (Å²) < 4.78 is 6.74. The number of carbonyl (C=O) groups is 1. The van der Waals surface area contributed by atoms with Gasteiger partial charge in [0, 0.05) is 13.1 Å². The predicted molar refractivity (Wildman–Crippen MR) is 59.9 cm³/mol. The van der Waals surface area contributed by atoms with Crippen molar-refractivity contribution in [3.63, 3.8) is 0 Å². The van der Waals surface area contributed by atoms with Crippen LogP contribution in [0.2, 0.25) is 0 Å². The Morgan fingerprint density at radius 2 is 2.44 bits per heavy atom. The minimum atomic E-state index is -0.457. The lowest BCUT2D eigenvalue weighted by atomic mass is 10.2. The fourth-order valence-corrected chi connectivity index (χ4v) is 1.45. The molecule has 0 saturated carbocycles. The van der Waals surface area contributed by atoms with Gasteiger partial charge in [0.15, 0.2) is 0 Å². The van der Waals surface area contributed by atoms with Crippen molar-refractivity contribution in [3.05, 3.63) is 18.2 Å². The lowest BCUT2D eigenvalue weighted by Gasteiger charge is -2.17. The van der Waals surface area contributed by atoms with Crippen molar-refractivity contribution in [2.24, 2.45) is 5.73 Å². The zero-order valence-corrected chi connectivity index (χ0v) is 9.64. The number of alkyl carbamates (subject to hydrolysis) is 1. The maximum Gasteiger partial charge on any atom is 0.407 e. The highest BCUT2D eigenvalue weighted by atomic mass is 16.5. The van der Waals surface area contributed by atoms with E-state index in [4.69, 9.17) is 10.5 Å². The average Bonchev–Trinajstić information content (AvgIpc) is 2.74. The third kappa shape index (κ3) is 2.96. The Balaban J connectivity index is 2.70. The Morgan fingerprint density at radius 1 is 1.69 bits per heavy atom. The summed E-state index contributed by atoms with van der Waals surface area (Å²) in [5.41, 5.74) is 6.51. The number of hydrogen-bond donors (Lipinski definition) is 2. The van der Waals surface area contributed by atoms with Crippen LogP contribution in [0.4, 0.5) is 4.79 Å². The molecule has 6 heteroatoms. The van der Waals surface area contributed by atoms with E-state index in [1.807, 2.05) is 11.5 Å². The van der Waals surface area contributed by atoms with Gasteiger partial charge in [-0.15, -0.1) is 0 Å². The first-order valence-corrected chi connectivity index (χ1v) is 5.36. The molecule has 1 unspecified atom stereocenters. The molecule has 1 aromatic rings. The molecule has 6 nitrogen and oxygen atoms in total. The highest BCUT2D eigenvalue weighted by Gasteiger charge is 2.16. The molecule has 3 N–H and O–H groups in total. The van der Waals surface area contributed by atoms with E-state index in [-0.39, 0.29) is 6.04 Å². The summed E-state index contributed by atoms with van der Waals surface area (Å²) in [6, 6.07) is -0.263. The monoisotopic (exact) mass is 226 g/mol. The van der Waals surface area contributed by atoms with Crippen LogP contribution in [-0.4, -0.2) is 28.8 Å². The number of rotatable bonds is 5. The van der Waals surface area contributed by atoms with Gasteiger partial charge in [-0.1, -0.05) is 0 Å². The fourth-order valence-electron chi connectivity index (χ4n) is 1.45. The van der Waals surface area contributed by atoms with Gasteiger partial charge in [-0.25, -0.2) is 9.78 Å². The van der Waals surface area contributed by atoms with Crippen LogP contribution in [0.5, 0.6) is 0 Å². The van der Waals surface area contributed by atoms with Crippen molar-refractivity contribution in [1.82, 2.24) is 14.9 Å². The van der Waals surface area contributed by atoms with Gasteiger partial charge in [-0.05, 0) is 13.8 Å². The summed E-state index contributed by atoms with van der Waals surface area (Å²) in [6.45, 7) is 5.20. The topological polar surface area (TPSA) is 82.2 Å². The largest absolute Gasteiger partial charge is 0.450 e. The van der Waals surface area contributed by atoms with Crippen LogP contribution in [0, 0.1) is 0 Å². The number of aromatic nitrogens is 2.